The van der Waals surface area contributed by atoms with Crippen molar-refractivity contribution in [2.24, 2.45) is 0 Å². The summed E-state index contributed by atoms with van der Waals surface area (Å²) >= 11 is 0. The van der Waals surface area contributed by atoms with E-state index in [0.717, 1.165) is 93.9 Å². The molecule has 0 fully saturated rings. The van der Waals surface area contributed by atoms with Crippen molar-refractivity contribution in [2.45, 2.75) is 118 Å². The molecule has 0 amide bonds. The van der Waals surface area contributed by atoms with E-state index >= 15 is 0 Å². The Balaban J connectivity index is 1.80. The van der Waals surface area contributed by atoms with Crippen molar-refractivity contribution in [3.05, 3.63) is 88.0 Å². The van der Waals surface area contributed by atoms with Crippen LogP contribution in [0.5, 0.6) is 17.2 Å². The van der Waals surface area contributed by atoms with E-state index in [4.69, 9.17) is 14.2 Å². The molecule has 46 heavy (non-hydrogen) atoms. The van der Waals surface area contributed by atoms with Gasteiger partial charge < -0.3 is 14.2 Å². The van der Waals surface area contributed by atoms with Gasteiger partial charge in [-0.05, 0) is 80.5 Å². The summed E-state index contributed by atoms with van der Waals surface area (Å²) in [6, 6.07) is 16.6. The average molecular weight is 629 g/mol. The van der Waals surface area contributed by atoms with Crippen LogP contribution < -0.4 is 14.2 Å². The number of aryl methyl sites for hydroxylation is 2. The minimum Gasteiger partial charge on any atom is -0.493 e. The lowest BCUT2D eigenvalue weighted by Crippen LogP contribution is -2.09. The molecule has 3 aromatic carbocycles. The Labute approximate surface area is 278 Å². The summed E-state index contributed by atoms with van der Waals surface area (Å²) in [6.07, 6.45) is 14.0. The lowest BCUT2D eigenvalue weighted by molar-refractivity contribution is 0.102. The molecule has 3 aromatic rings. The number of benzene rings is 3. The highest BCUT2D eigenvalue weighted by Crippen LogP contribution is 2.31. The van der Waals surface area contributed by atoms with Crippen molar-refractivity contribution in [3.63, 3.8) is 0 Å². The van der Waals surface area contributed by atoms with Crippen LogP contribution in [0.3, 0.4) is 0 Å². The number of hydrogen-bond acceptors (Lipinski definition) is 5. The third kappa shape index (κ3) is 11.3. The number of ether oxygens (including phenoxy) is 3. The molecule has 0 radical (unpaired) electrons. The molecule has 0 heterocycles. The van der Waals surface area contributed by atoms with E-state index in [1.807, 2.05) is 37.3 Å². The van der Waals surface area contributed by atoms with Gasteiger partial charge in [0.2, 0.25) is 0 Å². The standard InChI is InChI=1S/C41H56O5/c1-6-10-14-18-32-19-20-35(29-38(32)45-26-16-12-8-3)41(43)36-23-21-33(28-31(36)5)40(42)34-22-24-37(44-25-15-11-7-2)39(30-34)46-27-17-13-9-4/h19-24,28-30H,6-18,25-27H2,1-5H3. The predicted molar refractivity (Wildman–Crippen MR) is 189 cm³/mol. The van der Waals surface area contributed by atoms with E-state index < -0.39 is 0 Å². The molecule has 0 aliphatic heterocycles. The van der Waals surface area contributed by atoms with Crippen molar-refractivity contribution in [1.29, 1.82) is 0 Å². The molecule has 5 nitrogen and oxygen atoms in total. The molecule has 0 saturated heterocycles. The average Bonchev–Trinajstić information content (AvgIpc) is 3.07. The number of carbonyl (C=O) groups excluding carboxylic acids is 2. The summed E-state index contributed by atoms with van der Waals surface area (Å²) < 4.78 is 18.3. The summed E-state index contributed by atoms with van der Waals surface area (Å²) in [5.74, 6) is 1.91. The minimum atomic E-state index is -0.114. The van der Waals surface area contributed by atoms with E-state index in [2.05, 4.69) is 27.7 Å². The largest absolute Gasteiger partial charge is 0.493 e. The van der Waals surface area contributed by atoms with Gasteiger partial charge in [-0.25, -0.2) is 0 Å². The molecule has 0 aliphatic rings. The molecule has 0 spiro atoms. The van der Waals surface area contributed by atoms with Gasteiger partial charge in [0.25, 0.3) is 0 Å². The highest BCUT2D eigenvalue weighted by atomic mass is 16.5. The summed E-state index contributed by atoms with van der Waals surface area (Å²) in [4.78, 5) is 27.3. The van der Waals surface area contributed by atoms with Gasteiger partial charge in [-0.1, -0.05) is 103 Å². The summed E-state index contributed by atoms with van der Waals surface area (Å²) in [5.41, 5.74) is 4.18. The van der Waals surface area contributed by atoms with E-state index in [1.165, 1.54) is 6.42 Å². The van der Waals surface area contributed by atoms with Crippen molar-refractivity contribution in [3.8, 4) is 17.2 Å². The quantitative estimate of drug-likeness (QED) is 0.0772. The maximum absolute atomic E-state index is 13.7. The fourth-order valence-corrected chi connectivity index (χ4v) is 5.47. The maximum Gasteiger partial charge on any atom is 0.193 e. The van der Waals surface area contributed by atoms with Crippen LogP contribution in [0.15, 0.2) is 54.6 Å². The van der Waals surface area contributed by atoms with Gasteiger partial charge in [-0.2, -0.15) is 0 Å². The Morgan fingerprint density at radius 2 is 0.978 bits per heavy atom. The Morgan fingerprint density at radius 1 is 0.500 bits per heavy atom. The zero-order chi connectivity index (χ0) is 33.1. The lowest BCUT2D eigenvalue weighted by Gasteiger charge is -2.15. The highest BCUT2D eigenvalue weighted by Gasteiger charge is 2.19. The van der Waals surface area contributed by atoms with Crippen LogP contribution >= 0.6 is 0 Å². The lowest BCUT2D eigenvalue weighted by atomic mass is 9.93. The Kier molecular flexibility index (Phi) is 16.4. The first-order chi connectivity index (χ1) is 22.4. The van der Waals surface area contributed by atoms with E-state index in [0.29, 0.717) is 53.6 Å². The second-order valence-corrected chi connectivity index (χ2v) is 12.3. The van der Waals surface area contributed by atoms with Crippen LogP contribution in [0.4, 0.5) is 0 Å². The van der Waals surface area contributed by atoms with Gasteiger partial charge in [0.05, 0.1) is 19.8 Å². The minimum absolute atomic E-state index is 0.0673. The van der Waals surface area contributed by atoms with Crippen LogP contribution in [-0.4, -0.2) is 31.4 Å². The number of rotatable bonds is 23. The molecule has 5 heteroatoms. The van der Waals surface area contributed by atoms with Gasteiger partial charge >= 0.3 is 0 Å². The van der Waals surface area contributed by atoms with Crippen LogP contribution in [0.25, 0.3) is 0 Å². The maximum atomic E-state index is 13.7. The first-order valence-electron chi connectivity index (χ1n) is 17.8. The van der Waals surface area contributed by atoms with Gasteiger partial charge in [-0.3, -0.25) is 9.59 Å². The predicted octanol–water partition coefficient (Wildman–Crippen LogP) is 10.9. The summed E-state index contributed by atoms with van der Waals surface area (Å²) in [6.45, 7) is 12.5. The molecular weight excluding hydrogens is 572 g/mol. The fraction of sp³-hybridized carbons (Fsp3) is 0.512. The van der Waals surface area contributed by atoms with Crippen LogP contribution in [0.1, 0.15) is 148 Å². The summed E-state index contributed by atoms with van der Waals surface area (Å²) in [7, 11) is 0. The topological polar surface area (TPSA) is 61.8 Å². The Hall–Kier alpha value is -3.60. The van der Waals surface area contributed by atoms with Crippen LogP contribution in [-0.2, 0) is 6.42 Å². The van der Waals surface area contributed by atoms with Crippen LogP contribution in [0, 0.1) is 6.92 Å². The number of ketones is 2. The molecule has 0 aliphatic carbocycles. The number of hydrogen-bond donors (Lipinski definition) is 0. The van der Waals surface area contributed by atoms with Gasteiger partial charge in [0.1, 0.15) is 5.75 Å². The Bertz CT molecular complexity index is 1380. The normalized spacial score (nSPS) is 11.0. The smallest absolute Gasteiger partial charge is 0.193 e. The van der Waals surface area contributed by atoms with Gasteiger partial charge in [0, 0.05) is 22.3 Å². The molecule has 0 N–H and O–H groups in total. The van der Waals surface area contributed by atoms with Crippen molar-refractivity contribution < 1.29 is 23.8 Å². The zero-order valence-electron chi connectivity index (χ0n) is 29.1. The third-order valence-corrected chi connectivity index (χ3v) is 8.33. The molecule has 0 saturated carbocycles. The summed E-state index contributed by atoms with van der Waals surface area (Å²) in [5, 5.41) is 0. The highest BCUT2D eigenvalue weighted by molar-refractivity contribution is 6.12. The molecule has 0 bridgehead atoms. The zero-order valence-corrected chi connectivity index (χ0v) is 29.1. The van der Waals surface area contributed by atoms with Gasteiger partial charge in [-0.15, -0.1) is 0 Å². The molecule has 3 rings (SSSR count). The molecule has 0 atom stereocenters. The van der Waals surface area contributed by atoms with Crippen molar-refractivity contribution in [1.82, 2.24) is 0 Å². The molecule has 250 valence electrons. The first-order valence-corrected chi connectivity index (χ1v) is 17.8. The van der Waals surface area contributed by atoms with Crippen molar-refractivity contribution in [2.75, 3.05) is 19.8 Å². The van der Waals surface area contributed by atoms with E-state index in [1.54, 1.807) is 24.3 Å². The second-order valence-electron chi connectivity index (χ2n) is 12.3. The Morgan fingerprint density at radius 3 is 1.59 bits per heavy atom. The SMILES string of the molecule is CCCCCOc1cc(C(=O)c2ccc(C(=O)c3ccc(OCCCCC)c(OCCCCC)c3)cc2C)ccc1CCCCC. The number of carbonyl (C=O) groups is 2. The molecular formula is C41H56O5. The first kappa shape index (κ1) is 36.9. The second kappa shape index (κ2) is 20.5. The van der Waals surface area contributed by atoms with Crippen molar-refractivity contribution >= 4 is 11.6 Å². The molecule has 0 aromatic heterocycles. The monoisotopic (exact) mass is 628 g/mol. The number of unbranched alkanes of at least 4 members (excludes halogenated alkanes) is 8. The van der Waals surface area contributed by atoms with E-state index in [9.17, 15) is 9.59 Å². The third-order valence-electron chi connectivity index (χ3n) is 8.33. The van der Waals surface area contributed by atoms with Gasteiger partial charge in [0.15, 0.2) is 23.1 Å². The fourth-order valence-electron chi connectivity index (χ4n) is 5.47. The molecule has 0 unspecified atom stereocenters. The van der Waals surface area contributed by atoms with E-state index in [-0.39, 0.29) is 11.6 Å². The van der Waals surface area contributed by atoms with Crippen LogP contribution in [0.2, 0.25) is 0 Å².